The summed E-state index contributed by atoms with van der Waals surface area (Å²) in [6, 6.07) is 14.7. The second-order valence-corrected chi connectivity index (χ2v) is 7.34. The number of carboxylic acids is 1. The highest BCUT2D eigenvalue weighted by Gasteiger charge is 2.31. The fourth-order valence-electron chi connectivity index (χ4n) is 3.65. The summed E-state index contributed by atoms with van der Waals surface area (Å²) in [5, 5.41) is 18.4. The molecule has 0 radical (unpaired) electrons. The van der Waals surface area contributed by atoms with E-state index < -0.39 is 24.0 Å². The van der Waals surface area contributed by atoms with Crippen LogP contribution in [0.2, 0.25) is 0 Å². The number of carbonyl (C=O) groups excluding carboxylic acids is 2. The average Bonchev–Trinajstić information content (AvgIpc) is 3.38. The van der Waals surface area contributed by atoms with Crippen molar-refractivity contribution in [2.24, 2.45) is 0 Å². The lowest BCUT2D eigenvalue weighted by atomic mass is 9.98. The molecule has 0 fully saturated rings. The van der Waals surface area contributed by atoms with Gasteiger partial charge in [-0.1, -0.05) is 48.5 Å². The smallest absolute Gasteiger partial charge is 0.412 e. The number of ether oxygens (including phenoxy) is 1. The van der Waals surface area contributed by atoms with Crippen LogP contribution in [-0.2, 0) is 9.53 Å². The minimum Gasteiger partial charge on any atom is -0.480 e. The van der Waals surface area contributed by atoms with Crippen LogP contribution in [0.25, 0.3) is 11.1 Å². The number of likely N-dealkylation sites (N-methyl/N-ethyl adjacent to an activating group) is 1. The van der Waals surface area contributed by atoms with E-state index in [2.05, 4.69) is 20.3 Å². The molecule has 2 amide bonds. The zero-order valence-electron chi connectivity index (χ0n) is 17.3. The van der Waals surface area contributed by atoms with E-state index >= 15 is 0 Å². The maximum absolute atomic E-state index is 12.5. The largest absolute Gasteiger partial charge is 0.480 e. The normalized spacial score (nSPS) is 13.1. The highest BCUT2D eigenvalue weighted by atomic mass is 16.6. The molecule has 0 unspecified atom stereocenters. The van der Waals surface area contributed by atoms with Crippen molar-refractivity contribution >= 4 is 23.8 Å². The van der Waals surface area contributed by atoms with Gasteiger partial charge < -0.3 is 14.7 Å². The third-order valence-electron chi connectivity index (χ3n) is 5.51. The van der Waals surface area contributed by atoms with E-state index in [9.17, 15) is 14.4 Å². The van der Waals surface area contributed by atoms with Gasteiger partial charge in [-0.25, -0.2) is 14.2 Å². The van der Waals surface area contributed by atoms with Gasteiger partial charge >= 0.3 is 12.1 Å². The first kappa shape index (κ1) is 21.0. The van der Waals surface area contributed by atoms with Crippen LogP contribution in [-0.4, -0.2) is 58.0 Å². The van der Waals surface area contributed by atoms with Gasteiger partial charge in [0.05, 0.1) is 0 Å². The van der Waals surface area contributed by atoms with Crippen LogP contribution in [0, 0.1) is 0 Å². The molecule has 0 saturated carbocycles. The number of hydrogen-bond donors (Lipinski definition) is 2. The molecule has 1 atom stereocenters. The quantitative estimate of drug-likeness (QED) is 0.602. The molecule has 10 nitrogen and oxygen atoms in total. The minimum atomic E-state index is -1.19. The molecule has 1 heterocycles. The maximum atomic E-state index is 12.5. The molecular weight excluding hydrogens is 416 g/mol. The van der Waals surface area contributed by atoms with Gasteiger partial charge in [-0.3, -0.25) is 10.1 Å². The number of hydrogen-bond acceptors (Lipinski definition) is 7. The number of nitrogens with zero attached hydrogens (tertiary/aromatic N) is 3. The zero-order chi connectivity index (χ0) is 22.8. The Morgan fingerprint density at radius 2 is 1.69 bits per heavy atom. The van der Waals surface area contributed by atoms with Crippen molar-refractivity contribution in [1.82, 2.24) is 15.2 Å². The van der Waals surface area contributed by atoms with E-state index in [1.165, 1.54) is 14.0 Å². The number of amides is 2. The molecule has 4 rings (SSSR count). The van der Waals surface area contributed by atoms with Crippen molar-refractivity contribution in [2.45, 2.75) is 18.9 Å². The molecule has 2 N–H and O–H groups in total. The number of carboxylic acid groups (broad SMARTS) is 1. The van der Waals surface area contributed by atoms with Crippen LogP contribution in [0.1, 0.15) is 34.5 Å². The van der Waals surface area contributed by atoms with Gasteiger partial charge in [-0.2, -0.15) is 0 Å². The Kier molecular flexibility index (Phi) is 5.59. The number of fused-ring (bicyclic) bond motifs is 3. The van der Waals surface area contributed by atoms with Gasteiger partial charge in [0.1, 0.15) is 12.6 Å². The Morgan fingerprint density at radius 3 is 2.28 bits per heavy atom. The lowest BCUT2D eigenvalue weighted by Gasteiger charge is -2.20. The molecule has 1 aliphatic carbocycles. The van der Waals surface area contributed by atoms with Crippen LogP contribution in [0.4, 0.5) is 10.6 Å². The van der Waals surface area contributed by atoms with Gasteiger partial charge in [0, 0.05) is 13.0 Å². The summed E-state index contributed by atoms with van der Waals surface area (Å²) < 4.78 is 9.98. The molecule has 1 aliphatic rings. The van der Waals surface area contributed by atoms with Gasteiger partial charge in [-0.15, -0.1) is 0 Å². The standard InChI is InChI=1S/C22H20N4O6/c1-12(21(28)29)26(2)20(27)18-19(25-32-24-18)23-22(30)31-11-17-15-9-5-3-7-13(15)14-8-4-6-10-16(14)17/h3-10,12,17H,11H2,1-2H3,(H,28,29)(H,23,25,30)/t12-/m0/s1. The van der Waals surface area contributed by atoms with E-state index in [0.29, 0.717) is 0 Å². The summed E-state index contributed by atoms with van der Waals surface area (Å²) in [4.78, 5) is 37.0. The predicted octanol–water partition coefficient (Wildman–Crippen LogP) is 2.98. The summed E-state index contributed by atoms with van der Waals surface area (Å²) in [7, 11) is 1.30. The van der Waals surface area contributed by atoms with E-state index in [1.807, 2.05) is 48.5 Å². The van der Waals surface area contributed by atoms with E-state index in [4.69, 9.17) is 9.84 Å². The molecule has 164 valence electrons. The zero-order valence-corrected chi connectivity index (χ0v) is 17.3. The van der Waals surface area contributed by atoms with E-state index in [0.717, 1.165) is 27.2 Å². The van der Waals surface area contributed by atoms with Crippen molar-refractivity contribution in [3.05, 3.63) is 65.4 Å². The van der Waals surface area contributed by atoms with E-state index in [-0.39, 0.29) is 24.0 Å². The molecule has 0 bridgehead atoms. The van der Waals surface area contributed by atoms with Crippen LogP contribution in [0.3, 0.4) is 0 Å². The average molecular weight is 436 g/mol. The Bertz CT molecular complexity index is 1140. The molecule has 0 aliphatic heterocycles. The van der Waals surface area contributed by atoms with Gasteiger partial charge in [-0.05, 0) is 39.5 Å². The fourth-order valence-corrected chi connectivity index (χ4v) is 3.65. The molecule has 32 heavy (non-hydrogen) atoms. The summed E-state index contributed by atoms with van der Waals surface area (Å²) >= 11 is 0. The number of benzene rings is 2. The predicted molar refractivity (Wildman–Crippen MR) is 112 cm³/mol. The Morgan fingerprint density at radius 1 is 1.09 bits per heavy atom. The maximum Gasteiger partial charge on any atom is 0.412 e. The summed E-state index contributed by atoms with van der Waals surface area (Å²) in [6.07, 6.45) is -0.842. The SMILES string of the molecule is C[C@@H](C(=O)O)N(C)C(=O)c1nonc1NC(=O)OCC1c2ccccc2-c2ccccc21. The second kappa shape index (κ2) is 8.50. The van der Waals surface area contributed by atoms with Crippen molar-refractivity contribution in [3.8, 4) is 11.1 Å². The molecule has 1 aromatic heterocycles. The van der Waals surface area contributed by atoms with Crippen LogP contribution in [0.5, 0.6) is 0 Å². The fraction of sp³-hybridized carbons (Fsp3) is 0.227. The third kappa shape index (κ3) is 3.78. The highest BCUT2D eigenvalue weighted by molar-refractivity contribution is 6.00. The number of aromatic nitrogens is 2. The molecule has 0 spiro atoms. The van der Waals surface area contributed by atoms with E-state index in [1.54, 1.807) is 0 Å². The van der Waals surface area contributed by atoms with Gasteiger partial charge in [0.15, 0.2) is 0 Å². The summed E-state index contributed by atoms with van der Waals surface area (Å²) in [5.74, 6) is -2.35. The molecule has 2 aromatic carbocycles. The Balaban J connectivity index is 1.45. The van der Waals surface area contributed by atoms with Crippen molar-refractivity contribution in [2.75, 3.05) is 19.0 Å². The monoisotopic (exact) mass is 436 g/mol. The molecule has 0 saturated heterocycles. The number of anilines is 1. The molecule has 3 aromatic rings. The van der Waals surface area contributed by atoms with Crippen molar-refractivity contribution in [1.29, 1.82) is 0 Å². The number of rotatable bonds is 6. The molecule has 10 heteroatoms. The first-order chi connectivity index (χ1) is 15.4. The topological polar surface area (TPSA) is 135 Å². The number of aliphatic carboxylic acids is 1. The molecular formula is C22H20N4O6. The van der Waals surface area contributed by atoms with Crippen molar-refractivity contribution in [3.63, 3.8) is 0 Å². The summed E-state index contributed by atoms with van der Waals surface area (Å²) in [5.41, 5.74) is 3.99. The lowest BCUT2D eigenvalue weighted by molar-refractivity contribution is -0.141. The summed E-state index contributed by atoms with van der Waals surface area (Å²) in [6.45, 7) is 1.41. The highest BCUT2D eigenvalue weighted by Crippen LogP contribution is 2.44. The van der Waals surface area contributed by atoms with Crippen LogP contribution >= 0.6 is 0 Å². The van der Waals surface area contributed by atoms with Crippen molar-refractivity contribution < 1.29 is 28.9 Å². The minimum absolute atomic E-state index is 0.0738. The number of nitrogens with one attached hydrogen (secondary N) is 1. The first-order valence-corrected chi connectivity index (χ1v) is 9.83. The van der Waals surface area contributed by atoms with Crippen LogP contribution in [0.15, 0.2) is 53.2 Å². The Hall–Kier alpha value is -4.21. The van der Waals surface area contributed by atoms with Gasteiger partial charge in [0.25, 0.3) is 5.91 Å². The van der Waals surface area contributed by atoms with Crippen LogP contribution < -0.4 is 5.32 Å². The number of carbonyl (C=O) groups is 3. The lowest BCUT2D eigenvalue weighted by Crippen LogP contribution is -2.40. The third-order valence-corrected chi connectivity index (χ3v) is 5.51. The Labute approximate surface area is 182 Å². The van der Waals surface area contributed by atoms with Gasteiger partial charge in [0.2, 0.25) is 11.5 Å². The first-order valence-electron chi connectivity index (χ1n) is 9.83. The second-order valence-electron chi connectivity index (χ2n) is 7.34.